The Morgan fingerprint density at radius 2 is 2.15 bits per heavy atom. The topological polar surface area (TPSA) is 54.6 Å². The first kappa shape index (κ1) is 13.0. The number of fused-ring (bicyclic) bond motifs is 1. The lowest BCUT2D eigenvalue weighted by Crippen LogP contribution is -2.29. The molecule has 0 saturated carbocycles. The summed E-state index contributed by atoms with van der Waals surface area (Å²) in [5.41, 5.74) is 0.441. The van der Waals surface area contributed by atoms with Crippen molar-refractivity contribution in [2.75, 3.05) is 0 Å². The highest BCUT2D eigenvalue weighted by molar-refractivity contribution is 7.73. The standard InChI is InChI=1S/C14H10N2O2S2/c1-16-13(18)11(20-14(16)19)7-9-6-8-4-2-3-5-10(8)15-12(9)17/h2-7,18H,1H3/b9-7+. The van der Waals surface area contributed by atoms with Gasteiger partial charge in [-0.3, -0.25) is 9.36 Å². The molecule has 1 aromatic heterocycles. The Labute approximate surface area is 123 Å². The first-order valence-corrected chi connectivity index (χ1v) is 7.09. The first-order chi connectivity index (χ1) is 9.56. The number of rotatable bonds is 1. The molecule has 2 heterocycles. The van der Waals surface area contributed by atoms with E-state index in [0.717, 1.165) is 5.22 Å². The molecule has 100 valence electrons. The van der Waals surface area contributed by atoms with Crippen LogP contribution in [0.2, 0.25) is 0 Å². The summed E-state index contributed by atoms with van der Waals surface area (Å²) in [6.07, 6.45) is 3.39. The molecule has 1 aliphatic heterocycles. The number of carbonyl (C=O) groups excluding carboxylic acids is 1. The number of thiazole rings is 1. The monoisotopic (exact) mass is 302 g/mol. The van der Waals surface area contributed by atoms with Gasteiger partial charge in [0, 0.05) is 17.8 Å². The maximum absolute atomic E-state index is 12.0. The summed E-state index contributed by atoms with van der Waals surface area (Å²) in [6, 6.07) is 7.42. The smallest absolute Gasteiger partial charge is 0.277 e. The Bertz CT molecular complexity index is 919. The highest BCUT2D eigenvalue weighted by Crippen LogP contribution is 2.27. The van der Waals surface area contributed by atoms with Crippen LogP contribution in [0.3, 0.4) is 0 Å². The van der Waals surface area contributed by atoms with E-state index < -0.39 is 0 Å². The summed E-state index contributed by atoms with van der Waals surface area (Å²) in [7, 11) is 1.68. The Hall–Kier alpha value is -2.05. The first-order valence-electron chi connectivity index (χ1n) is 5.86. The van der Waals surface area contributed by atoms with E-state index in [4.69, 9.17) is 12.2 Å². The normalized spacial score (nSPS) is 15.7. The summed E-state index contributed by atoms with van der Waals surface area (Å²) in [5.74, 6) is -0.252. The highest BCUT2D eigenvalue weighted by atomic mass is 32.1. The lowest BCUT2D eigenvalue weighted by atomic mass is 10.1. The molecule has 1 amide bonds. The van der Waals surface area contributed by atoms with Gasteiger partial charge in [0.25, 0.3) is 5.91 Å². The molecular formula is C14H10N2O2S2. The Morgan fingerprint density at radius 1 is 1.40 bits per heavy atom. The molecule has 4 nitrogen and oxygen atoms in total. The third kappa shape index (κ3) is 2.13. The number of aromatic hydroxyl groups is 1. The van der Waals surface area contributed by atoms with Gasteiger partial charge in [-0.2, -0.15) is 0 Å². The molecule has 6 heteroatoms. The molecule has 0 unspecified atom stereocenters. The second-order valence-corrected chi connectivity index (χ2v) is 6.01. The average Bonchev–Trinajstić information content (AvgIpc) is 2.67. The number of benzene rings is 1. The Kier molecular flexibility index (Phi) is 3.11. The van der Waals surface area contributed by atoms with Crippen molar-refractivity contribution in [1.82, 2.24) is 4.57 Å². The predicted octanol–water partition coefficient (Wildman–Crippen LogP) is 1.55. The maximum Gasteiger partial charge on any atom is 0.277 e. The number of nitrogens with zero attached hydrogens (tertiary/aromatic N) is 2. The van der Waals surface area contributed by atoms with Gasteiger partial charge in [-0.15, -0.1) is 11.3 Å². The molecule has 1 aromatic carbocycles. The third-order valence-corrected chi connectivity index (χ3v) is 4.51. The molecule has 1 N–H and O–H groups in total. The third-order valence-electron chi connectivity index (χ3n) is 3.01. The zero-order valence-electron chi connectivity index (χ0n) is 10.5. The SMILES string of the molecule is Cn1c(O)c(/C=C2\C=c3ccccc3=NC2=O)sc1=S. The van der Waals surface area contributed by atoms with Gasteiger partial charge in [0.1, 0.15) is 0 Å². The van der Waals surface area contributed by atoms with Gasteiger partial charge in [-0.1, -0.05) is 18.2 Å². The van der Waals surface area contributed by atoms with Crippen LogP contribution in [-0.2, 0) is 11.8 Å². The van der Waals surface area contributed by atoms with Crippen molar-refractivity contribution < 1.29 is 9.90 Å². The van der Waals surface area contributed by atoms with Crippen molar-refractivity contribution in [3.05, 3.63) is 49.2 Å². The van der Waals surface area contributed by atoms with Crippen molar-refractivity contribution in [2.45, 2.75) is 0 Å². The van der Waals surface area contributed by atoms with Crippen LogP contribution in [-0.4, -0.2) is 15.6 Å². The van der Waals surface area contributed by atoms with Gasteiger partial charge in [0.2, 0.25) is 5.88 Å². The van der Waals surface area contributed by atoms with Crippen LogP contribution in [0.15, 0.2) is 34.8 Å². The van der Waals surface area contributed by atoms with Crippen LogP contribution >= 0.6 is 23.6 Å². The van der Waals surface area contributed by atoms with E-state index in [9.17, 15) is 9.90 Å². The minimum absolute atomic E-state index is 0.0626. The van der Waals surface area contributed by atoms with Crippen LogP contribution in [0, 0.1) is 3.95 Å². The molecule has 20 heavy (non-hydrogen) atoms. The van der Waals surface area contributed by atoms with E-state index in [1.807, 2.05) is 18.2 Å². The molecule has 3 rings (SSSR count). The number of hydrogen-bond acceptors (Lipinski definition) is 4. The van der Waals surface area contributed by atoms with Crippen LogP contribution in [0.25, 0.3) is 12.2 Å². The van der Waals surface area contributed by atoms with Gasteiger partial charge in [-0.25, -0.2) is 4.99 Å². The average molecular weight is 302 g/mol. The molecule has 1 aliphatic rings. The van der Waals surface area contributed by atoms with Gasteiger partial charge >= 0.3 is 0 Å². The van der Waals surface area contributed by atoms with E-state index in [-0.39, 0.29) is 11.8 Å². The summed E-state index contributed by atoms with van der Waals surface area (Å²) >= 11 is 6.35. The minimum atomic E-state index is -0.315. The summed E-state index contributed by atoms with van der Waals surface area (Å²) in [4.78, 5) is 16.6. The zero-order valence-corrected chi connectivity index (χ0v) is 12.2. The second-order valence-electron chi connectivity index (χ2n) is 4.33. The molecule has 0 atom stereocenters. The zero-order chi connectivity index (χ0) is 14.3. The summed E-state index contributed by atoms with van der Waals surface area (Å²) in [5, 5.41) is 11.5. The van der Waals surface area contributed by atoms with Gasteiger partial charge in [0.05, 0.1) is 10.2 Å². The van der Waals surface area contributed by atoms with Crippen molar-refractivity contribution in [2.24, 2.45) is 12.0 Å². The fourth-order valence-corrected chi connectivity index (χ4v) is 3.09. The van der Waals surface area contributed by atoms with Gasteiger partial charge in [0.15, 0.2) is 3.95 Å². The van der Waals surface area contributed by atoms with E-state index in [1.54, 1.807) is 25.3 Å². The van der Waals surface area contributed by atoms with E-state index in [2.05, 4.69) is 4.99 Å². The molecule has 0 radical (unpaired) electrons. The second kappa shape index (κ2) is 4.81. The van der Waals surface area contributed by atoms with Gasteiger partial charge < -0.3 is 5.11 Å². The fraction of sp³-hybridized carbons (Fsp3) is 0.0714. The molecule has 0 spiro atoms. The van der Waals surface area contributed by atoms with Crippen molar-refractivity contribution in [1.29, 1.82) is 0 Å². The maximum atomic E-state index is 12.0. The molecule has 0 fully saturated rings. The Balaban J connectivity index is 2.18. The molecule has 2 aromatic rings. The van der Waals surface area contributed by atoms with Crippen molar-refractivity contribution in [3.8, 4) is 5.88 Å². The van der Waals surface area contributed by atoms with Crippen molar-refractivity contribution in [3.63, 3.8) is 0 Å². The lowest BCUT2D eigenvalue weighted by Gasteiger charge is -2.02. The molecule has 0 bridgehead atoms. The van der Waals surface area contributed by atoms with Crippen LogP contribution in [0.4, 0.5) is 0 Å². The quantitative estimate of drug-likeness (QED) is 0.642. The summed E-state index contributed by atoms with van der Waals surface area (Å²) < 4.78 is 2.06. The van der Waals surface area contributed by atoms with Crippen LogP contribution in [0.5, 0.6) is 5.88 Å². The number of amides is 1. The fourth-order valence-electron chi connectivity index (χ4n) is 1.91. The molecular weight excluding hydrogens is 292 g/mol. The van der Waals surface area contributed by atoms with E-state index in [0.29, 0.717) is 19.8 Å². The minimum Gasteiger partial charge on any atom is -0.493 e. The van der Waals surface area contributed by atoms with Gasteiger partial charge in [-0.05, 0) is 30.4 Å². The predicted molar refractivity (Wildman–Crippen MR) is 80.5 cm³/mol. The van der Waals surface area contributed by atoms with E-state index >= 15 is 0 Å². The Morgan fingerprint density at radius 3 is 2.85 bits per heavy atom. The van der Waals surface area contributed by atoms with Crippen LogP contribution in [0.1, 0.15) is 4.88 Å². The largest absolute Gasteiger partial charge is 0.493 e. The number of hydrogen-bond donors (Lipinski definition) is 1. The molecule has 0 aliphatic carbocycles. The highest BCUT2D eigenvalue weighted by Gasteiger charge is 2.13. The lowest BCUT2D eigenvalue weighted by molar-refractivity contribution is -0.114. The molecule has 0 saturated heterocycles. The van der Waals surface area contributed by atoms with Crippen molar-refractivity contribution >= 4 is 41.6 Å². The summed E-state index contributed by atoms with van der Waals surface area (Å²) in [6.45, 7) is 0. The van der Waals surface area contributed by atoms with E-state index in [1.165, 1.54) is 15.9 Å². The number of aromatic nitrogens is 1. The number of para-hydroxylation sites is 1. The van der Waals surface area contributed by atoms with Crippen LogP contribution < -0.4 is 10.6 Å². The number of carbonyl (C=O) groups is 1.